The van der Waals surface area contributed by atoms with Crippen LogP contribution in [0.25, 0.3) is 22.1 Å². The van der Waals surface area contributed by atoms with Crippen molar-refractivity contribution in [3.05, 3.63) is 54.6 Å². The van der Waals surface area contributed by atoms with Crippen LogP contribution in [0.4, 0.5) is 4.79 Å². The monoisotopic (exact) mass is 479 g/mol. The maximum atomic E-state index is 13.3. The molecule has 176 valence electrons. The van der Waals surface area contributed by atoms with Crippen LogP contribution in [0.1, 0.15) is 44.1 Å². The van der Waals surface area contributed by atoms with Crippen LogP contribution in [0.15, 0.2) is 53.7 Å². The van der Waals surface area contributed by atoms with Crippen LogP contribution in [0.2, 0.25) is 0 Å². The van der Waals surface area contributed by atoms with Gasteiger partial charge in [0, 0.05) is 24.5 Å². The molecule has 4 aromatic rings. The van der Waals surface area contributed by atoms with Crippen LogP contribution in [0, 0.1) is 5.92 Å². The fraction of sp³-hybridized carbons (Fsp3) is 0.375. The van der Waals surface area contributed by atoms with Crippen molar-refractivity contribution in [2.24, 2.45) is 5.92 Å². The van der Waals surface area contributed by atoms with Crippen LogP contribution in [0.3, 0.4) is 0 Å². The highest BCUT2D eigenvalue weighted by molar-refractivity contribution is 7.90. The third-order valence-electron chi connectivity index (χ3n) is 6.88. The lowest BCUT2D eigenvalue weighted by atomic mass is 10.1. The second-order valence-electron chi connectivity index (χ2n) is 9.16. The Morgan fingerprint density at radius 1 is 1.09 bits per heavy atom. The Morgan fingerprint density at radius 2 is 1.88 bits per heavy atom. The second kappa shape index (κ2) is 7.83. The number of aromatic nitrogens is 4. The molecule has 6 rings (SSSR count). The van der Waals surface area contributed by atoms with E-state index in [0.717, 1.165) is 43.4 Å². The SMILES string of the molecule is O=C(O)N1CCCCC1n1c(CC2CC2)nc2cnc3c(ccn3S(=O)(=O)c3ccccc3)c21. The van der Waals surface area contributed by atoms with E-state index in [1.165, 1.54) is 15.1 Å². The smallest absolute Gasteiger partial charge is 0.408 e. The standard InChI is InChI=1S/C24H25N5O4S/c30-24(31)27-12-5-4-8-21(27)29-20(14-16-9-10-16)26-19-15-25-23-18(22(19)29)11-13-28(23)34(32,33)17-6-2-1-3-7-17/h1-3,6-7,11,13,15-16,21H,4-5,8-10,12,14H2,(H,30,31). The van der Waals surface area contributed by atoms with Crippen molar-refractivity contribution in [1.29, 1.82) is 0 Å². The van der Waals surface area contributed by atoms with Crippen molar-refractivity contribution in [2.45, 2.75) is 49.6 Å². The molecule has 0 bridgehead atoms. The summed E-state index contributed by atoms with van der Waals surface area (Å²) in [5.74, 6) is 1.41. The number of carboxylic acid groups (broad SMARTS) is 1. The first-order valence-electron chi connectivity index (χ1n) is 11.6. The van der Waals surface area contributed by atoms with Crippen LogP contribution in [-0.2, 0) is 16.4 Å². The zero-order valence-corrected chi connectivity index (χ0v) is 19.4. The fourth-order valence-corrected chi connectivity index (χ4v) is 6.37. The zero-order valence-electron chi connectivity index (χ0n) is 18.5. The number of hydrogen-bond donors (Lipinski definition) is 1. The van der Waals surface area contributed by atoms with Gasteiger partial charge in [0.15, 0.2) is 5.65 Å². The third-order valence-corrected chi connectivity index (χ3v) is 8.57. The van der Waals surface area contributed by atoms with Gasteiger partial charge in [0.05, 0.1) is 16.6 Å². The van der Waals surface area contributed by atoms with Crippen LogP contribution in [0.5, 0.6) is 0 Å². The Kier molecular flexibility index (Phi) is 4.87. The third kappa shape index (κ3) is 3.35. The molecule has 1 aliphatic carbocycles. The Morgan fingerprint density at radius 3 is 2.62 bits per heavy atom. The number of nitrogens with zero attached hydrogens (tertiary/aromatic N) is 5. The van der Waals surface area contributed by atoms with Crippen LogP contribution < -0.4 is 0 Å². The summed E-state index contributed by atoms with van der Waals surface area (Å²) < 4.78 is 29.9. The number of carbonyl (C=O) groups is 1. The van der Waals surface area contributed by atoms with Gasteiger partial charge in [0.25, 0.3) is 10.0 Å². The van der Waals surface area contributed by atoms with Gasteiger partial charge in [-0.3, -0.25) is 4.90 Å². The normalized spacial score (nSPS) is 19.2. The lowest BCUT2D eigenvalue weighted by Gasteiger charge is -2.35. The van der Waals surface area contributed by atoms with E-state index < -0.39 is 16.1 Å². The van der Waals surface area contributed by atoms with Crippen molar-refractivity contribution in [2.75, 3.05) is 6.54 Å². The van der Waals surface area contributed by atoms with E-state index >= 15 is 0 Å². The summed E-state index contributed by atoms with van der Waals surface area (Å²) in [6, 6.07) is 10.0. The number of likely N-dealkylation sites (tertiary alicyclic amines) is 1. The number of imidazole rings is 1. The minimum atomic E-state index is -3.84. The first-order valence-corrected chi connectivity index (χ1v) is 13.1. The number of piperidine rings is 1. The molecule has 1 saturated heterocycles. The van der Waals surface area contributed by atoms with Gasteiger partial charge in [-0.15, -0.1) is 0 Å². The lowest BCUT2D eigenvalue weighted by Crippen LogP contribution is -2.41. The van der Waals surface area contributed by atoms with Gasteiger partial charge in [0.1, 0.15) is 17.5 Å². The van der Waals surface area contributed by atoms with Crippen LogP contribution in [-0.4, -0.2) is 49.6 Å². The van der Waals surface area contributed by atoms with E-state index in [1.807, 2.05) is 4.57 Å². The van der Waals surface area contributed by atoms with Gasteiger partial charge >= 0.3 is 6.09 Å². The molecule has 1 atom stereocenters. The summed E-state index contributed by atoms with van der Waals surface area (Å²) in [6.45, 7) is 0.472. The minimum absolute atomic E-state index is 0.182. The first-order chi connectivity index (χ1) is 16.4. The first kappa shape index (κ1) is 21.2. The summed E-state index contributed by atoms with van der Waals surface area (Å²) >= 11 is 0. The highest BCUT2D eigenvalue weighted by Crippen LogP contribution is 2.38. The summed E-state index contributed by atoms with van der Waals surface area (Å²) in [5, 5.41) is 10.6. The summed E-state index contributed by atoms with van der Waals surface area (Å²) in [4.78, 5) is 23.1. The summed E-state index contributed by atoms with van der Waals surface area (Å²) in [6.07, 6.45) is 7.34. The van der Waals surface area contributed by atoms with E-state index in [-0.39, 0.29) is 11.1 Å². The molecule has 4 heterocycles. The molecule has 1 N–H and O–H groups in total. The number of benzene rings is 1. The molecule has 0 spiro atoms. The molecular weight excluding hydrogens is 454 g/mol. The summed E-state index contributed by atoms with van der Waals surface area (Å²) in [5.41, 5.74) is 1.72. The maximum Gasteiger partial charge on any atom is 0.408 e. The Bertz CT molecular complexity index is 1500. The lowest BCUT2D eigenvalue weighted by molar-refractivity contribution is 0.0798. The fourth-order valence-electron chi connectivity index (χ4n) is 5.05. The Labute approximate surface area is 196 Å². The highest BCUT2D eigenvalue weighted by Gasteiger charge is 2.34. The molecule has 9 nitrogen and oxygen atoms in total. The molecule has 1 amide bonds. The second-order valence-corrected chi connectivity index (χ2v) is 11.0. The Balaban J connectivity index is 1.58. The molecule has 1 aromatic carbocycles. The van der Waals surface area contributed by atoms with E-state index in [0.29, 0.717) is 35.4 Å². The quantitative estimate of drug-likeness (QED) is 0.458. The van der Waals surface area contributed by atoms with Crippen molar-refractivity contribution >= 4 is 38.2 Å². The van der Waals surface area contributed by atoms with E-state index in [4.69, 9.17) is 4.98 Å². The molecule has 1 saturated carbocycles. The average molecular weight is 480 g/mol. The number of amides is 1. The van der Waals surface area contributed by atoms with E-state index in [2.05, 4.69) is 4.98 Å². The van der Waals surface area contributed by atoms with Crippen molar-refractivity contribution < 1.29 is 18.3 Å². The molecule has 34 heavy (non-hydrogen) atoms. The minimum Gasteiger partial charge on any atom is -0.465 e. The largest absolute Gasteiger partial charge is 0.465 e. The van der Waals surface area contributed by atoms with Crippen LogP contribution >= 0.6 is 0 Å². The van der Waals surface area contributed by atoms with Crippen molar-refractivity contribution in [3.8, 4) is 0 Å². The molecule has 10 heteroatoms. The van der Waals surface area contributed by atoms with Gasteiger partial charge in [-0.2, -0.15) is 0 Å². The van der Waals surface area contributed by atoms with E-state index in [9.17, 15) is 18.3 Å². The van der Waals surface area contributed by atoms with Gasteiger partial charge in [-0.1, -0.05) is 18.2 Å². The van der Waals surface area contributed by atoms with Gasteiger partial charge in [-0.25, -0.2) is 27.2 Å². The number of fused-ring (bicyclic) bond motifs is 3. The van der Waals surface area contributed by atoms with Gasteiger partial charge in [-0.05, 0) is 56.2 Å². The molecule has 2 aliphatic rings. The summed E-state index contributed by atoms with van der Waals surface area (Å²) in [7, 11) is -3.84. The predicted octanol–water partition coefficient (Wildman–Crippen LogP) is 4.24. The van der Waals surface area contributed by atoms with Gasteiger partial charge in [0.2, 0.25) is 0 Å². The molecule has 0 radical (unpaired) electrons. The predicted molar refractivity (Wildman–Crippen MR) is 126 cm³/mol. The molecule has 2 fully saturated rings. The van der Waals surface area contributed by atoms with Crippen molar-refractivity contribution in [1.82, 2.24) is 23.4 Å². The van der Waals surface area contributed by atoms with Gasteiger partial charge < -0.3 is 9.67 Å². The Hall–Kier alpha value is -3.40. The zero-order chi connectivity index (χ0) is 23.4. The average Bonchev–Trinajstić information content (AvgIpc) is 3.42. The molecule has 1 aliphatic heterocycles. The highest BCUT2D eigenvalue weighted by atomic mass is 32.2. The van der Waals surface area contributed by atoms with E-state index in [1.54, 1.807) is 42.6 Å². The number of pyridine rings is 1. The molecular formula is C24H25N5O4S. The molecule has 3 aromatic heterocycles. The maximum absolute atomic E-state index is 13.3. The number of rotatable bonds is 5. The number of hydrogen-bond acceptors (Lipinski definition) is 5. The topological polar surface area (TPSA) is 110 Å². The molecule has 1 unspecified atom stereocenters. The van der Waals surface area contributed by atoms with Crippen molar-refractivity contribution in [3.63, 3.8) is 0 Å².